The summed E-state index contributed by atoms with van der Waals surface area (Å²) in [5.74, 6) is -0.417. The van der Waals surface area contributed by atoms with Crippen molar-refractivity contribution in [1.82, 2.24) is 5.32 Å². The molecule has 1 amide bonds. The zero-order chi connectivity index (χ0) is 12.8. The zero-order valence-corrected chi connectivity index (χ0v) is 9.65. The number of rotatable bonds is 4. The average Bonchev–Trinajstić information content (AvgIpc) is 2.35. The number of nitrogens with two attached hydrogens (primary N) is 1. The van der Waals surface area contributed by atoms with Crippen molar-refractivity contribution in [3.63, 3.8) is 0 Å². The third-order valence-electron chi connectivity index (χ3n) is 2.11. The molecule has 0 spiro atoms. The molecule has 0 aliphatic rings. The lowest BCUT2D eigenvalue weighted by Gasteiger charge is -2.07. The fraction of sp³-hybridized carbons (Fsp3) is 0.273. The molecule has 0 saturated carbocycles. The Bertz CT molecular complexity index is 431. The lowest BCUT2D eigenvalue weighted by atomic mass is 10.2. The Hall–Kier alpha value is -2.24. The van der Waals surface area contributed by atoms with Crippen LogP contribution in [0.3, 0.4) is 0 Å². The summed E-state index contributed by atoms with van der Waals surface area (Å²) in [6.07, 6.45) is 0. The number of nitrogens with one attached hydrogen (secondary N) is 1. The Balaban J connectivity index is 2.69. The monoisotopic (exact) mass is 238 g/mol. The molecular weight excluding hydrogens is 224 g/mol. The maximum Gasteiger partial charge on any atom is 0.325 e. The van der Waals surface area contributed by atoms with E-state index in [0.29, 0.717) is 17.0 Å². The maximum absolute atomic E-state index is 11.6. The number of amides is 1. The smallest absolute Gasteiger partial charge is 0.325 e. The highest BCUT2D eigenvalue weighted by molar-refractivity contribution is 5.97. The summed E-state index contributed by atoms with van der Waals surface area (Å²) in [7, 11) is 2.74. The van der Waals surface area contributed by atoms with Gasteiger partial charge in [0, 0.05) is 5.56 Å². The van der Waals surface area contributed by atoms with Gasteiger partial charge in [-0.2, -0.15) is 0 Å². The van der Waals surface area contributed by atoms with Crippen LogP contribution in [0, 0.1) is 0 Å². The van der Waals surface area contributed by atoms with Crippen LogP contribution in [0.1, 0.15) is 10.4 Å². The average molecular weight is 238 g/mol. The molecule has 1 aromatic rings. The number of methoxy groups -OCH3 is 2. The number of carbonyl (C=O) groups is 2. The first-order chi connectivity index (χ1) is 8.08. The van der Waals surface area contributed by atoms with Gasteiger partial charge in [-0.05, 0) is 18.2 Å². The number of benzene rings is 1. The molecule has 3 N–H and O–H groups in total. The normalized spacial score (nSPS) is 9.53. The summed E-state index contributed by atoms with van der Waals surface area (Å²) < 4.78 is 9.36. The maximum atomic E-state index is 11.6. The van der Waals surface area contributed by atoms with E-state index < -0.39 is 11.9 Å². The van der Waals surface area contributed by atoms with Crippen LogP contribution in [-0.4, -0.2) is 32.6 Å². The summed E-state index contributed by atoms with van der Waals surface area (Å²) in [6.45, 7) is -0.179. The van der Waals surface area contributed by atoms with Crippen LogP contribution in [0.4, 0.5) is 5.69 Å². The second kappa shape index (κ2) is 5.74. The van der Waals surface area contributed by atoms with Gasteiger partial charge in [0.05, 0.1) is 19.9 Å². The van der Waals surface area contributed by atoms with Crippen LogP contribution >= 0.6 is 0 Å². The molecule has 0 unspecified atom stereocenters. The number of esters is 1. The Morgan fingerprint density at radius 3 is 2.59 bits per heavy atom. The Kier molecular flexibility index (Phi) is 4.33. The van der Waals surface area contributed by atoms with Crippen molar-refractivity contribution in [2.75, 3.05) is 26.5 Å². The number of anilines is 1. The van der Waals surface area contributed by atoms with E-state index in [1.807, 2.05) is 0 Å². The van der Waals surface area contributed by atoms with Crippen LogP contribution in [0.25, 0.3) is 0 Å². The minimum Gasteiger partial charge on any atom is -0.495 e. The summed E-state index contributed by atoms with van der Waals surface area (Å²) in [6, 6.07) is 4.62. The first-order valence-electron chi connectivity index (χ1n) is 4.87. The predicted octanol–water partition coefficient (Wildman–Crippen LogP) is 0.180. The van der Waals surface area contributed by atoms with E-state index in [1.54, 1.807) is 12.1 Å². The van der Waals surface area contributed by atoms with Gasteiger partial charge in [-0.1, -0.05) is 0 Å². The minimum atomic E-state index is -0.514. The summed E-state index contributed by atoms with van der Waals surface area (Å²) in [5.41, 5.74) is 6.37. The van der Waals surface area contributed by atoms with Gasteiger partial charge in [-0.25, -0.2) is 0 Å². The van der Waals surface area contributed by atoms with Gasteiger partial charge in [-0.3, -0.25) is 9.59 Å². The first kappa shape index (κ1) is 12.8. The van der Waals surface area contributed by atoms with Crippen LogP contribution in [-0.2, 0) is 9.53 Å². The van der Waals surface area contributed by atoms with E-state index in [1.165, 1.54) is 20.3 Å². The van der Waals surface area contributed by atoms with Crippen LogP contribution in [0.5, 0.6) is 5.75 Å². The van der Waals surface area contributed by atoms with Gasteiger partial charge in [-0.15, -0.1) is 0 Å². The first-order valence-corrected chi connectivity index (χ1v) is 4.87. The van der Waals surface area contributed by atoms with Crippen molar-refractivity contribution >= 4 is 17.6 Å². The Labute approximate surface area is 98.7 Å². The van der Waals surface area contributed by atoms with E-state index in [9.17, 15) is 9.59 Å². The van der Waals surface area contributed by atoms with Crippen molar-refractivity contribution in [2.24, 2.45) is 0 Å². The quantitative estimate of drug-likeness (QED) is 0.576. The molecule has 0 fully saturated rings. The number of carbonyl (C=O) groups excluding carboxylic acids is 2. The standard InChI is InChI=1S/C11H14N2O4/c1-16-9-4-3-7(5-8(9)12)11(15)13-6-10(14)17-2/h3-5H,6,12H2,1-2H3,(H,13,15). The second-order valence-corrected chi connectivity index (χ2v) is 3.22. The zero-order valence-electron chi connectivity index (χ0n) is 9.65. The van der Waals surface area contributed by atoms with Crippen molar-refractivity contribution in [3.8, 4) is 5.75 Å². The summed E-state index contributed by atoms with van der Waals surface area (Å²) in [4.78, 5) is 22.4. The highest BCUT2D eigenvalue weighted by Gasteiger charge is 2.09. The highest BCUT2D eigenvalue weighted by atomic mass is 16.5. The van der Waals surface area contributed by atoms with Crippen molar-refractivity contribution in [3.05, 3.63) is 23.8 Å². The number of ether oxygens (including phenoxy) is 2. The van der Waals surface area contributed by atoms with Crippen molar-refractivity contribution < 1.29 is 19.1 Å². The van der Waals surface area contributed by atoms with Gasteiger partial charge in [0.2, 0.25) is 0 Å². The largest absolute Gasteiger partial charge is 0.495 e. The van der Waals surface area contributed by atoms with Gasteiger partial charge in [0.15, 0.2) is 0 Å². The molecule has 0 aliphatic carbocycles. The molecule has 92 valence electrons. The molecule has 0 heterocycles. The van der Waals surface area contributed by atoms with Gasteiger partial charge < -0.3 is 20.5 Å². The molecule has 6 nitrogen and oxygen atoms in total. The molecule has 0 saturated heterocycles. The van der Waals surface area contributed by atoms with Gasteiger partial charge >= 0.3 is 5.97 Å². The highest BCUT2D eigenvalue weighted by Crippen LogP contribution is 2.21. The van der Waals surface area contributed by atoms with E-state index in [-0.39, 0.29) is 6.54 Å². The van der Waals surface area contributed by atoms with Gasteiger partial charge in [0.25, 0.3) is 5.91 Å². The SMILES string of the molecule is COC(=O)CNC(=O)c1ccc(OC)c(N)c1. The number of hydrogen-bond donors (Lipinski definition) is 2. The van der Waals surface area contributed by atoms with Gasteiger partial charge in [0.1, 0.15) is 12.3 Å². The van der Waals surface area contributed by atoms with Crippen LogP contribution in [0.2, 0.25) is 0 Å². The van der Waals surface area contributed by atoms with E-state index in [4.69, 9.17) is 10.5 Å². The van der Waals surface area contributed by atoms with E-state index >= 15 is 0 Å². The lowest BCUT2D eigenvalue weighted by Crippen LogP contribution is -2.30. The fourth-order valence-electron chi connectivity index (χ4n) is 1.20. The molecule has 1 rings (SSSR count). The Morgan fingerprint density at radius 1 is 1.35 bits per heavy atom. The summed E-state index contributed by atoms with van der Waals surface area (Å²) >= 11 is 0. The molecule has 0 bridgehead atoms. The van der Waals surface area contributed by atoms with E-state index in [2.05, 4.69) is 10.1 Å². The fourth-order valence-corrected chi connectivity index (χ4v) is 1.20. The predicted molar refractivity (Wildman–Crippen MR) is 61.8 cm³/mol. The lowest BCUT2D eigenvalue weighted by molar-refractivity contribution is -0.139. The van der Waals surface area contributed by atoms with Crippen molar-refractivity contribution in [1.29, 1.82) is 0 Å². The van der Waals surface area contributed by atoms with Crippen LogP contribution < -0.4 is 15.8 Å². The third kappa shape index (κ3) is 3.37. The minimum absolute atomic E-state index is 0.179. The molecule has 0 radical (unpaired) electrons. The Morgan fingerprint density at radius 2 is 2.06 bits per heavy atom. The molecular formula is C11H14N2O4. The third-order valence-corrected chi connectivity index (χ3v) is 2.11. The molecule has 0 aromatic heterocycles. The van der Waals surface area contributed by atoms with Crippen LogP contribution in [0.15, 0.2) is 18.2 Å². The topological polar surface area (TPSA) is 90.6 Å². The molecule has 0 aliphatic heterocycles. The molecule has 1 aromatic carbocycles. The van der Waals surface area contributed by atoms with Crippen molar-refractivity contribution in [2.45, 2.75) is 0 Å². The number of hydrogen-bond acceptors (Lipinski definition) is 5. The molecule has 0 atom stereocenters. The molecule has 17 heavy (non-hydrogen) atoms. The van der Waals surface area contributed by atoms with E-state index in [0.717, 1.165) is 0 Å². The number of nitrogen functional groups attached to an aromatic ring is 1. The second-order valence-electron chi connectivity index (χ2n) is 3.22. The molecule has 6 heteroatoms. The summed E-state index contributed by atoms with van der Waals surface area (Å²) in [5, 5.41) is 2.40.